The Hall–Kier alpha value is -1.74. The topological polar surface area (TPSA) is 73.7 Å². The van der Waals surface area contributed by atoms with Gasteiger partial charge in [0, 0.05) is 38.5 Å². The SMILES string of the molecule is CCCc1ccc(S(=O)(=O)N2CCC(c3nccn3COCCOC)CC2)cc1. The van der Waals surface area contributed by atoms with Gasteiger partial charge in [-0.25, -0.2) is 13.4 Å². The van der Waals surface area contributed by atoms with Crippen molar-refractivity contribution in [3.63, 3.8) is 0 Å². The molecule has 0 radical (unpaired) electrons. The van der Waals surface area contributed by atoms with Gasteiger partial charge in [-0.1, -0.05) is 25.5 Å². The largest absolute Gasteiger partial charge is 0.382 e. The van der Waals surface area contributed by atoms with Crippen molar-refractivity contribution < 1.29 is 17.9 Å². The molecule has 1 saturated heterocycles. The van der Waals surface area contributed by atoms with Crippen LogP contribution in [-0.4, -0.2) is 55.7 Å². The third kappa shape index (κ3) is 5.45. The Bertz CT molecular complexity index is 856. The number of piperidine rings is 1. The van der Waals surface area contributed by atoms with E-state index in [4.69, 9.17) is 9.47 Å². The van der Waals surface area contributed by atoms with Crippen LogP contribution in [0.5, 0.6) is 0 Å². The first kappa shape index (κ1) is 22.0. The number of benzene rings is 1. The van der Waals surface area contributed by atoms with E-state index >= 15 is 0 Å². The van der Waals surface area contributed by atoms with E-state index in [0.29, 0.717) is 37.9 Å². The van der Waals surface area contributed by atoms with Crippen molar-refractivity contribution in [2.24, 2.45) is 0 Å². The minimum absolute atomic E-state index is 0.231. The van der Waals surface area contributed by atoms with Gasteiger partial charge in [-0.05, 0) is 37.0 Å². The van der Waals surface area contributed by atoms with Gasteiger partial charge < -0.3 is 14.0 Å². The number of methoxy groups -OCH3 is 1. The van der Waals surface area contributed by atoms with Crippen LogP contribution in [0, 0.1) is 0 Å². The quantitative estimate of drug-likeness (QED) is 0.552. The van der Waals surface area contributed by atoms with Crippen molar-refractivity contribution in [1.29, 1.82) is 0 Å². The van der Waals surface area contributed by atoms with Crippen LogP contribution in [0.4, 0.5) is 0 Å². The lowest BCUT2D eigenvalue weighted by atomic mass is 9.97. The molecule has 160 valence electrons. The van der Waals surface area contributed by atoms with Crippen molar-refractivity contribution in [3.8, 4) is 0 Å². The molecule has 0 bridgehead atoms. The molecule has 0 amide bonds. The van der Waals surface area contributed by atoms with Gasteiger partial charge in [-0.15, -0.1) is 0 Å². The highest BCUT2D eigenvalue weighted by molar-refractivity contribution is 7.89. The molecule has 2 heterocycles. The fraction of sp³-hybridized carbons (Fsp3) is 0.571. The molecule has 1 aliphatic rings. The molecule has 3 rings (SSSR count). The molecule has 1 aromatic heterocycles. The molecule has 29 heavy (non-hydrogen) atoms. The number of ether oxygens (including phenoxy) is 2. The van der Waals surface area contributed by atoms with E-state index in [1.807, 2.05) is 22.9 Å². The minimum atomic E-state index is -3.45. The summed E-state index contributed by atoms with van der Waals surface area (Å²) in [4.78, 5) is 4.87. The predicted octanol–water partition coefficient (Wildman–Crippen LogP) is 3.02. The van der Waals surface area contributed by atoms with Crippen LogP contribution in [0.15, 0.2) is 41.6 Å². The maximum atomic E-state index is 13.0. The third-order valence-corrected chi connectivity index (χ3v) is 7.24. The molecule has 2 aromatic rings. The Balaban J connectivity index is 1.59. The first-order chi connectivity index (χ1) is 14.1. The summed E-state index contributed by atoms with van der Waals surface area (Å²) in [5, 5.41) is 0. The second kappa shape index (κ2) is 10.3. The average molecular weight is 422 g/mol. The van der Waals surface area contributed by atoms with Gasteiger partial charge in [0.15, 0.2) is 0 Å². The summed E-state index contributed by atoms with van der Waals surface area (Å²) in [5.74, 6) is 1.19. The van der Waals surface area contributed by atoms with E-state index in [0.717, 1.165) is 31.5 Å². The molecule has 7 nitrogen and oxygen atoms in total. The number of sulfonamides is 1. The van der Waals surface area contributed by atoms with E-state index < -0.39 is 10.0 Å². The number of hydrogen-bond acceptors (Lipinski definition) is 5. The molecule has 0 N–H and O–H groups in total. The maximum Gasteiger partial charge on any atom is 0.243 e. The van der Waals surface area contributed by atoms with Crippen LogP contribution in [0.1, 0.15) is 43.5 Å². The predicted molar refractivity (Wildman–Crippen MR) is 111 cm³/mol. The standard InChI is InChI=1S/C21H31N3O4S/c1-3-4-18-5-7-20(8-6-18)29(25,26)24-12-9-19(10-13-24)21-22-11-14-23(21)17-28-16-15-27-2/h5-8,11,14,19H,3-4,9-10,12-13,15-17H2,1-2H3. The maximum absolute atomic E-state index is 13.0. The summed E-state index contributed by atoms with van der Waals surface area (Å²) in [6.45, 7) is 4.64. The Labute approximate surface area is 173 Å². The lowest BCUT2D eigenvalue weighted by molar-refractivity contribution is 0.0321. The molecular weight excluding hydrogens is 390 g/mol. The summed E-state index contributed by atoms with van der Waals surface area (Å²) in [6, 6.07) is 7.31. The Morgan fingerprint density at radius 2 is 1.86 bits per heavy atom. The molecule has 0 spiro atoms. The zero-order valence-electron chi connectivity index (χ0n) is 17.3. The molecule has 0 atom stereocenters. The number of hydrogen-bond donors (Lipinski definition) is 0. The number of rotatable bonds is 10. The second-order valence-electron chi connectivity index (χ2n) is 7.36. The molecule has 0 saturated carbocycles. The fourth-order valence-electron chi connectivity index (χ4n) is 3.72. The Morgan fingerprint density at radius 1 is 1.14 bits per heavy atom. The number of imidazole rings is 1. The van der Waals surface area contributed by atoms with Crippen LogP contribution >= 0.6 is 0 Å². The minimum Gasteiger partial charge on any atom is -0.382 e. The summed E-state index contributed by atoms with van der Waals surface area (Å²) in [7, 11) is -1.80. The van der Waals surface area contributed by atoms with E-state index in [9.17, 15) is 8.42 Å². The highest BCUT2D eigenvalue weighted by Gasteiger charge is 2.31. The van der Waals surface area contributed by atoms with Gasteiger partial charge >= 0.3 is 0 Å². The van der Waals surface area contributed by atoms with Gasteiger partial charge in [0.25, 0.3) is 0 Å². The van der Waals surface area contributed by atoms with Crippen molar-refractivity contribution in [2.75, 3.05) is 33.4 Å². The Kier molecular flexibility index (Phi) is 7.83. The van der Waals surface area contributed by atoms with Crippen molar-refractivity contribution in [2.45, 2.75) is 50.2 Å². The molecule has 1 aliphatic heterocycles. The van der Waals surface area contributed by atoms with E-state index in [-0.39, 0.29) is 5.92 Å². The number of aromatic nitrogens is 2. The summed E-state index contributed by atoms with van der Waals surface area (Å²) in [6.07, 6.45) is 7.20. The third-order valence-electron chi connectivity index (χ3n) is 5.33. The Morgan fingerprint density at radius 3 is 2.52 bits per heavy atom. The summed E-state index contributed by atoms with van der Waals surface area (Å²) >= 11 is 0. The van der Waals surface area contributed by atoms with Crippen LogP contribution in [-0.2, 0) is 32.6 Å². The fourth-order valence-corrected chi connectivity index (χ4v) is 5.18. The molecule has 8 heteroatoms. The first-order valence-corrected chi connectivity index (χ1v) is 11.7. The zero-order valence-corrected chi connectivity index (χ0v) is 18.1. The van der Waals surface area contributed by atoms with Gasteiger partial charge in [-0.3, -0.25) is 0 Å². The van der Waals surface area contributed by atoms with Gasteiger partial charge in [-0.2, -0.15) is 4.31 Å². The van der Waals surface area contributed by atoms with E-state index in [1.165, 1.54) is 5.56 Å². The van der Waals surface area contributed by atoms with Crippen LogP contribution < -0.4 is 0 Å². The monoisotopic (exact) mass is 421 g/mol. The van der Waals surface area contributed by atoms with Gasteiger partial charge in [0.1, 0.15) is 12.6 Å². The second-order valence-corrected chi connectivity index (χ2v) is 9.30. The van der Waals surface area contributed by atoms with Crippen LogP contribution in [0.2, 0.25) is 0 Å². The molecular formula is C21H31N3O4S. The first-order valence-electron chi connectivity index (χ1n) is 10.2. The summed E-state index contributed by atoms with van der Waals surface area (Å²) < 4.78 is 40.2. The molecule has 1 aromatic carbocycles. The normalized spacial score (nSPS) is 16.3. The van der Waals surface area contributed by atoms with Gasteiger partial charge in [0.2, 0.25) is 10.0 Å². The van der Waals surface area contributed by atoms with Gasteiger partial charge in [0.05, 0.1) is 18.1 Å². The van der Waals surface area contributed by atoms with Crippen molar-refractivity contribution in [1.82, 2.24) is 13.9 Å². The van der Waals surface area contributed by atoms with Crippen LogP contribution in [0.3, 0.4) is 0 Å². The molecule has 1 fully saturated rings. The highest BCUT2D eigenvalue weighted by Crippen LogP contribution is 2.30. The highest BCUT2D eigenvalue weighted by atomic mass is 32.2. The van der Waals surface area contributed by atoms with Crippen molar-refractivity contribution >= 4 is 10.0 Å². The lowest BCUT2D eigenvalue weighted by Crippen LogP contribution is -2.38. The lowest BCUT2D eigenvalue weighted by Gasteiger charge is -2.31. The smallest absolute Gasteiger partial charge is 0.243 e. The zero-order chi connectivity index (χ0) is 20.7. The van der Waals surface area contributed by atoms with E-state index in [2.05, 4.69) is 11.9 Å². The molecule has 0 unspecified atom stereocenters. The average Bonchev–Trinajstić information content (AvgIpc) is 3.20. The summed E-state index contributed by atoms with van der Waals surface area (Å²) in [5.41, 5.74) is 1.17. The molecule has 0 aliphatic carbocycles. The number of aryl methyl sites for hydroxylation is 1. The number of nitrogens with zero attached hydrogens (tertiary/aromatic N) is 3. The van der Waals surface area contributed by atoms with Crippen molar-refractivity contribution in [3.05, 3.63) is 48.0 Å². The van der Waals surface area contributed by atoms with Crippen LogP contribution in [0.25, 0.3) is 0 Å². The van der Waals surface area contributed by atoms with E-state index in [1.54, 1.807) is 29.7 Å².